The first-order valence-corrected chi connectivity index (χ1v) is 10.3. The summed E-state index contributed by atoms with van der Waals surface area (Å²) in [6, 6.07) is 18.4. The predicted octanol–water partition coefficient (Wildman–Crippen LogP) is 5.94. The van der Waals surface area contributed by atoms with Gasteiger partial charge in [-0.1, -0.05) is 53.5 Å². The molecule has 4 aromatic rings. The summed E-state index contributed by atoms with van der Waals surface area (Å²) < 4.78 is 7.57. The Morgan fingerprint density at radius 3 is 2.61 bits per heavy atom. The molecule has 0 saturated carbocycles. The number of hydrogen-bond acceptors (Lipinski definition) is 4. The maximum absolute atomic E-state index is 12.5. The Morgan fingerprint density at radius 1 is 1.03 bits per heavy atom. The molecule has 0 fully saturated rings. The number of benzene rings is 2. The van der Waals surface area contributed by atoms with E-state index >= 15 is 0 Å². The Morgan fingerprint density at radius 2 is 1.81 bits per heavy atom. The van der Waals surface area contributed by atoms with Gasteiger partial charge in [0.25, 0.3) is 0 Å². The van der Waals surface area contributed by atoms with Crippen molar-refractivity contribution in [3.8, 4) is 17.3 Å². The van der Waals surface area contributed by atoms with Gasteiger partial charge in [0.1, 0.15) is 5.02 Å². The molecule has 0 spiro atoms. The standard InChI is InChI=1S/C23H18Cl2N4O2/c24-17-12-19(25)23(26-14-17)31-21-9-5-4-8-20(21)28-22(30)11-10-16-13-27-29(15-16)18-6-2-1-3-7-18/h1-9,12-15H,10-11H2,(H,28,30). The number of anilines is 1. The zero-order valence-electron chi connectivity index (χ0n) is 16.3. The van der Waals surface area contributed by atoms with E-state index in [1.54, 1.807) is 35.1 Å². The van der Waals surface area contributed by atoms with Crippen molar-refractivity contribution in [1.82, 2.24) is 14.8 Å². The lowest BCUT2D eigenvalue weighted by Crippen LogP contribution is -2.13. The monoisotopic (exact) mass is 452 g/mol. The van der Waals surface area contributed by atoms with E-state index in [0.29, 0.717) is 29.3 Å². The number of carbonyl (C=O) groups is 1. The lowest BCUT2D eigenvalue weighted by molar-refractivity contribution is -0.116. The van der Waals surface area contributed by atoms with E-state index in [0.717, 1.165) is 11.3 Å². The van der Waals surface area contributed by atoms with Gasteiger partial charge in [-0.05, 0) is 42.3 Å². The number of pyridine rings is 1. The molecule has 1 amide bonds. The minimum absolute atomic E-state index is 0.140. The summed E-state index contributed by atoms with van der Waals surface area (Å²) in [7, 11) is 0. The molecule has 4 rings (SSSR count). The maximum Gasteiger partial charge on any atom is 0.238 e. The van der Waals surface area contributed by atoms with Crippen LogP contribution in [0.2, 0.25) is 10.0 Å². The quantitative estimate of drug-likeness (QED) is 0.376. The third-order valence-corrected chi connectivity index (χ3v) is 4.92. The molecule has 0 saturated heterocycles. The van der Waals surface area contributed by atoms with Crippen molar-refractivity contribution >= 4 is 34.8 Å². The summed E-state index contributed by atoms with van der Waals surface area (Å²) in [6.07, 6.45) is 6.00. The summed E-state index contributed by atoms with van der Waals surface area (Å²) >= 11 is 12.0. The lowest BCUT2D eigenvalue weighted by atomic mass is 10.2. The van der Waals surface area contributed by atoms with Crippen LogP contribution in [-0.2, 0) is 11.2 Å². The summed E-state index contributed by atoms with van der Waals surface area (Å²) in [5, 5.41) is 7.94. The van der Waals surface area contributed by atoms with Crippen LogP contribution in [0.3, 0.4) is 0 Å². The molecule has 0 aliphatic carbocycles. The summed E-state index contributed by atoms with van der Waals surface area (Å²) in [6.45, 7) is 0. The van der Waals surface area contributed by atoms with Crippen molar-refractivity contribution in [3.05, 3.63) is 94.9 Å². The average Bonchev–Trinajstić information content (AvgIpc) is 3.25. The normalized spacial score (nSPS) is 10.6. The van der Waals surface area contributed by atoms with Crippen LogP contribution in [-0.4, -0.2) is 20.7 Å². The minimum Gasteiger partial charge on any atom is -0.435 e. The van der Waals surface area contributed by atoms with Gasteiger partial charge >= 0.3 is 0 Å². The highest BCUT2D eigenvalue weighted by Gasteiger charge is 2.12. The fourth-order valence-electron chi connectivity index (χ4n) is 2.92. The zero-order valence-corrected chi connectivity index (χ0v) is 17.8. The number of aryl methyl sites for hydroxylation is 1. The van der Waals surface area contributed by atoms with Gasteiger partial charge in [0.15, 0.2) is 5.75 Å². The number of amides is 1. The minimum atomic E-state index is -0.140. The summed E-state index contributed by atoms with van der Waals surface area (Å²) in [5.41, 5.74) is 2.47. The van der Waals surface area contributed by atoms with Crippen LogP contribution in [0.15, 0.2) is 79.3 Å². The van der Waals surface area contributed by atoms with Gasteiger partial charge in [0.05, 0.1) is 22.6 Å². The van der Waals surface area contributed by atoms with Gasteiger partial charge in [0, 0.05) is 18.8 Å². The maximum atomic E-state index is 12.5. The smallest absolute Gasteiger partial charge is 0.238 e. The van der Waals surface area contributed by atoms with Crippen molar-refractivity contribution in [1.29, 1.82) is 0 Å². The van der Waals surface area contributed by atoms with E-state index in [-0.39, 0.29) is 16.8 Å². The van der Waals surface area contributed by atoms with E-state index in [1.807, 2.05) is 42.6 Å². The second-order valence-corrected chi connectivity index (χ2v) is 7.56. The van der Waals surface area contributed by atoms with E-state index in [1.165, 1.54) is 6.20 Å². The van der Waals surface area contributed by atoms with Crippen LogP contribution >= 0.6 is 23.2 Å². The van der Waals surface area contributed by atoms with Crippen LogP contribution in [0.25, 0.3) is 5.69 Å². The molecule has 0 aliphatic heterocycles. The number of nitrogens with one attached hydrogen (secondary N) is 1. The molecule has 0 atom stereocenters. The van der Waals surface area contributed by atoms with Gasteiger partial charge in [-0.2, -0.15) is 5.10 Å². The van der Waals surface area contributed by atoms with Crippen molar-refractivity contribution in [2.45, 2.75) is 12.8 Å². The Balaban J connectivity index is 1.39. The van der Waals surface area contributed by atoms with Crippen molar-refractivity contribution in [2.24, 2.45) is 0 Å². The molecule has 31 heavy (non-hydrogen) atoms. The molecule has 0 radical (unpaired) electrons. The summed E-state index contributed by atoms with van der Waals surface area (Å²) in [4.78, 5) is 16.6. The Labute approximate surface area is 189 Å². The number of halogens is 2. The third-order valence-electron chi connectivity index (χ3n) is 4.44. The number of para-hydroxylation sites is 3. The highest BCUT2D eigenvalue weighted by atomic mass is 35.5. The first-order chi connectivity index (χ1) is 15.1. The van der Waals surface area contributed by atoms with Crippen molar-refractivity contribution < 1.29 is 9.53 Å². The number of hydrogen-bond donors (Lipinski definition) is 1. The second-order valence-electron chi connectivity index (χ2n) is 6.72. The number of ether oxygens (including phenoxy) is 1. The predicted molar refractivity (Wildman–Crippen MR) is 121 cm³/mol. The van der Waals surface area contributed by atoms with Gasteiger partial charge in [-0.3, -0.25) is 4.79 Å². The van der Waals surface area contributed by atoms with Gasteiger partial charge in [-0.15, -0.1) is 0 Å². The molecule has 6 nitrogen and oxygen atoms in total. The number of carbonyl (C=O) groups excluding carboxylic acids is 1. The SMILES string of the molecule is O=C(CCc1cnn(-c2ccccc2)c1)Nc1ccccc1Oc1ncc(Cl)cc1Cl. The first-order valence-electron chi connectivity index (χ1n) is 9.55. The van der Waals surface area contributed by atoms with Crippen molar-refractivity contribution in [2.75, 3.05) is 5.32 Å². The number of nitrogens with zero attached hydrogens (tertiary/aromatic N) is 3. The zero-order chi connectivity index (χ0) is 21.6. The van der Waals surface area contributed by atoms with Gasteiger partial charge < -0.3 is 10.1 Å². The van der Waals surface area contributed by atoms with Crippen LogP contribution in [0.4, 0.5) is 5.69 Å². The molecule has 1 N–H and O–H groups in total. The topological polar surface area (TPSA) is 69.0 Å². The molecular weight excluding hydrogens is 435 g/mol. The molecule has 2 aromatic heterocycles. The molecule has 0 bridgehead atoms. The molecule has 156 valence electrons. The third kappa shape index (κ3) is 5.42. The fourth-order valence-corrected chi connectivity index (χ4v) is 3.34. The molecule has 2 heterocycles. The number of rotatable bonds is 7. The molecule has 8 heteroatoms. The summed E-state index contributed by atoms with van der Waals surface area (Å²) in [5.74, 6) is 0.504. The Bertz CT molecular complexity index is 1200. The first kappa shape index (κ1) is 20.9. The van der Waals surface area contributed by atoms with E-state index in [2.05, 4.69) is 15.4 Å². The van der Waals surface area contributed by atoms with Crippen LogP contribution < -0.4 is 10.1 Å². The molecule has 2 aromatic carbocycles. The Kier molecular flexibility index (Phi) is 6.50. The van der Waals surface area contributed by atoms with Gasteiger partial charge in [-0.25, -0.2) is 9.67 Å². The molecule has 0 unspecified atom stereocenters. The fraction of sp³-hybridized carbons (Fsp3) is 0.0870. The molecular formula is C23H18Cl2N4O2. The average molecular weight is 453 g/mol. The van der Waals surface area contributed by atoms with E-state index in [4.69, 9.17) is 27.9 Å². The highest BCUT2D eigenvalue weighted by molar-refractivity contribution is 6.35. The largest absolute Gasteiger partial charge is 0.435 e. The lowest BCUT2D eigenvalue weighted by Gasteiger charge is -2.12. The van der Waals surface area contributed by atoms with E-state index < -0.39 is 0 Å². The van der Waals surface area contributed by atoms with Crippen LogP contribution in [0, 0.1) is 0 Å². The van der Waals surface area contributed by atoms with Gasteiger partial charge in [0.2, 0.25) is 11.8 Å². The van der Waals surface area contributed by atoms with Crippen LogP contribution in [0.5, 0.6) is 11.6 Å². The van der Waals surface area contributed by atoms with E-state index in [9.17, 15) is 4.79 Å². The van der Waals surface area contributed by atoms with Crippen molar-refractivity contribution in [3.63, 3.8) is 0 Å². The molecule has 0 aliphatic rings. The second kappa shape index (κ2) is 9.64. The Hall–Kier alpha value is -3.35. The highest BCUT2D eigenvalue weighted by Crippen LogP contribution is 2.33. The number of aromatic nitrogens is 3. The van der Waals surface area contributed by atoms with Crippen LogP contribution in [0.1, 0.15) is 12.0 Å².